The Morgan fingerprint density at radius 2 is 2.00 bits per heavy atom. The van der Waals surface area contributed by atoms with Gasteiger partial charge in [0.25, 0.3) is 0 Å². The fourth-order valence-electron chi connectivity index (χ4n) is 2.86. The van der Waals surface area contributed by atoms with Crippen molar-refractivity contribution in [1.29, 1.82) is 0 Å². The van der Waals surface area contributed by atoms with Gasteiger partial charge >= 0.3 is 0 Å². The maximum Gasteiger partial charge on any atom is 0.227 e. The highest BCUT2D eigenvalue weighted by Gasteiger charge is 2.27. The van der Waals surface area contributed by atoms with Gasteiger partial charge in [-0.2, -0.15) is 0 Å². The van der Waals surface area contributed by atoms with Crippen LogP contribution < -0.4 is 10.1 Å². The summed E-state index contributed by atoms with van der Waals surface area (Å²) >= 11 is 6.07. The first-order valence-electron chi connectivity index (χ1n) is 8.33. The summed E-state index contributed by atoms with van der Waals surface area (Å²) in [6, 6.07) is 5.18. The Morgan fingerprint density at radius 1 is 1.33 bits per heavy atom. The quantitative estimate of drug-likeness (QED) is 0.881. The second-order valence-corrected chi connectivity index (χ2v) is 7.00. The van der Waals surface area contributed by atoms with Crippen LogP contribution in [0.15, 0.2) is 18.2 Å². The molecule has 6 heteroatoms. The third kappa shape index (κ3) is 4.87. The van der Waals surface area contributed by atoms with E-state index in [0.29, 0.717) is 54.7 Å². The molecule has 1 aromatic carbocycles. The molecule has 0 radical (unpaired) electrons. The van der Waals surface area contributed by atoms with E-state index in [1.165, 1.54) is 0 Å². The number of amides is 2. The molecule has 0 aromatic heterocycles. The lowest BCUT2D eigenvalue weighted by molar-refractivity contribution is -0.135. The van der Waals surface area contributed by atoms with Crippen molar-refractivity contribution in [2.24, 2.45) is 11.8 Å². The molecule has 1 aliphatic rings. The lowest BCUT2D eigenvalue weighted by atomic mass is 9.95. The number of halogens is 1. The average molecular weight is 353 g/mol. The molecular formula is C18H25ClN2O3. The van der Waals surface area contributed by atoms with Crippen molar-refractivity contribution in [3.63, 3.8) is 0 Å². The lowest BCUT2D eigenvalue weighted by Gasteiger charge is -2.31. The van der Waals surface area contributed by atoms with Gasteiger partial charge in [-0.1, -0.05) is 25.4 Å². The Labute approximate surface area is 148 Å². The van der Waals surface area contributed by atoms with Crippen molar-refractivity contribution in [2.45, 2.75) is 33.1 Å². The molecule has 1 aliphatic heterocycles. The molecule has 5 nitrogen and oxygen atoms in total. The predicted molar refractivity (Wildman–Crippen MR) is 95.4 cm³/mol. The average Bonchev–Trinajstić information content (AvgIpc) is 2.54. The number of anilines is 1. The Morgan fingerprint density at radius 3 is 2.54 bits per heavy atom. The number of carbonyl (C=O) groups excluding carboxylic acids is 2. The first kappa shape index (κ1) is 18.6. The maximum absolute atomic E-state index is 12.4. The van der Waals surface area contributed by atoms with Gasteiger partial charge < -0.3 is 15.0 Å². The minimum atomic E-state index is -0.0750. The van der Waals surface area contributed by atoms with Crippen LogP contribution in [0.1, 0.15) is 33.1 Å². The van der Waals surface area contributed by atoms with Crippen LogP contribution in [0.2, 0.25) is 5.02 Å². The Hall–Kier alpha value is -1.75. The molecule has 2 rings (SSSR count). The zero-order chi connectivity index (χ0) is 17.7. The summed E-state index contributed by atoms with van der Waals surface area (Å²) in [5.41, 5.74) is 0.657. The smallest absolute Gasteiger partial charge is 0.227 e. The van der Waals surface area contributed by atoms with Crippen molar-refractivity contribution < 1.29 is 14.3 Å². The van der Waals surface area contributed by atoms with Crippen molar-refractivity contribution in [2.75, 3.05) is 25.5 Å². The van der Waals surface area contributed by atoms with Crippen LogP contribution in [0, 0.1) is 11.8 Å². The molecule has 132 valence electrons. The number of ether oxygens (including phenoxy) is 1. The van der Waals surface area contributed by atoms with E-state index in [0.717, 1.165) is 0 Å². The van der Waals surface area contributed by atoms with Crippen LogP contribution in [0.5, 0.6) is 5.75 Å². The second-order valence-electron chi connectivity index (χ2n) is 6.59. The molecule has 1 aromatic rings. The monoisotopic (exact) mass is 352 g/mol. The number of benzene rings is 1. The van der Waals surface area contributed by atoms with E-state index in [1.807, 2.05) is 18.7 Å². The molecular weight excluding hydrogens is 328 g/mol. The summed E-state index contributed by atoms with van der Waals surface area (Å²) in [7, 11) is 1.55. The topological polar surface area (TPSA) is 58.6 Å². The highest BCUT2D eigenvalue weighted by molar-refractivity contribution is 6.32. The molecule has 0 atom stereocenters. The summed E-state index contributed by atoms with van der Waals surface area (Å²) in [5.74, 6) is 1.02. The largest absolute Gasteiger partial charge is 0.495 e. The molecule has 0 bridgehead atoms. The zero-order valence-corrected chi connectivity index (χ0v) is 15.2. The molecule has 0 spiro atoms. The van der Waals surface area contributed by atoms with E-state index in [2.05, 4.69) is 5.32 Å². The molecule has 0 saturated carbocycles. The van der Waals surface area contributed by atoms with Crippen molar-refractivity contribution in [3.05, 3.63) is 23.2 Å². The van der Waals surface area contributed by atoms with Crippen molar-refractivity contribution in [1.82, 2.24) is 4.90 Å². The zero-order valence-electron chi connectivity index (χ0n) is 14.5. The number of carbonyl (C=O) groups is 2. The van der Waals surface area contributed by atoms with E-state index in [9.17, 15) is 9.59 Å². The van der Waals surface area contributed by atoms with Gasteiger partial charge in [-0.3, -0.25) is 9.59 Å². The van der Waals surface area contributed by atoms with E-state index in [-0.39, 0.29) is 17.7 Å². The highest BCUT2D eigenvalue weighted by atomic mass is 35.5. The number of methoxy groups -OCH3 is 1. The first-order chi connectivity index (χ1) is 11.4. The van der Waals surface area contributed by atoms with Gasteiger partial charge in [0.1, 0.15) is 5.75 Å². The van der Waals surface area contributed by atoms with E-state index < -0.39 is 0 Å². The van der Waals surface area contributed by atoms with Gasteiger partial charge in [-0.15, -0.1) is 0 Å². The van der Waals surface area contributed by atoms with Crippen molar-refractivity contribution >= 4 is 29.1 Å². The Kier molecular flexibility index (Phi) is 6.49. The van der Waals surface area contributed by atoms with Gasteiger partial charge in [-0.05, 0) is 37.0 Å². The molecule has 2 amide bonds. The lowest BCUT2D eigenvalue weighted by Crippen LogP contribution is -2.41. The number of likely N-dealkylation sites (tertiary alicyclic amines) is 1. The summed E-state index contributed by atoms with van der Waals surface area (Å²) in [5, 5.41) is 3.36. The van der Waals surface area contributed by atoms with Crippen LogP contribution in [-0.2, 0) is 9.59 Å². The first-order valence-corrected chi connectivity index (χ1v) is 8.70. The molecule has 1 N–H and O–H groups in total. The maximum atomic E-state index is 12.4. The van der Waals surface area contributed by atoms with Crippen LogP contribution >= 0.6 is 11.6 Å². The SMILES string of the molecule is COc1ccc(NC(=O)C2CCN(C(=O)CC(C)C)CC2)cc1Cl. The summed E-state index contributed by atoms with van der Waals surface area (Å²) in [6.45, 7) is 5.37. The third-order valence-corrected chi connectivity index (χ3v) is 4.52. The number of nitrogens with one attached hydrogen (secondary N) is 1. The number of piperidine rings is 1. The Bertz CT molecular complexity index is 596. The molecule has 1 heterocycles. The van der Waals surface area contributed by atoms with Crippen molar-refractivity contribution in [3.8, 4) is 5.75 Å². The minimum absolute atomic E-state index is 0.0211. The summed E-state index contributed by atoms with van der Waals surface area (Å²) in [6.07, 6.45) is 1.96. The third-order valence-electron chi connectivity index (χ3n) is 4.22. The van der Waals surface area contributed by atoms with Gasteiger partial charge in [0, 0.05) is 31.1 Å². The normalized spacial score (nSPS) is 15.5. The fraction of sp³-hybridized carbons (Fsp3) is 0.556. The fourth-order valence-corrected chi connectivity index (χ4v) is 3.12. The Balaban J connectivity index is 1.86. The van der Waals surface area contributed by atoms with Crippen LogP contribution in [0.3, 0.4) is 0 Å². The van der Waals surface area contributed by atoms with E-state index >= 15 is 0 Å². The molecule has 0 unspecified atom stereocenters. The number of rotatable bonds is 5. The molecule has 1 saturated heterocycles. The van der Waals surface area contributed by atoms with Crippen LogP contribution in [0.25, 0.3) is 0 Å². The summed E-state index contributed by atoms with van der Waals surface area (Å²) < 4.78 is 5.10. The van der Waals surface area contributed by atoms with Gasteiger partial charge in [0.05, 0.1) is 12.1 Å². The molecule has 24 heavy (non-hydrogen) atoms. The van der Waals surface area contributed by atoms with Crippen LogP contribution in [0.4, 0.5) is 5.69 Å². The number of hydrogen-bond acceptors (Lipinski definition) is 3. The molecule has 1 fully saturated rings. The van der Waals surface area contributed by atoms with Crippen LogP contribution in [-0.4, -0.2) is 36.9 Å². The van der Waals surface area contributed by atoms with E-state index in [1.54, 1.807) is 25.3 Å². The van der Waals surface area contributed by atoms with Gasteiger partial charge in [0.2, 0.25) is 11.8 Å². The molecule has 0 aliphatic carbocycles. The summed E-state index contributed by atoms with van der Waals surface area (Å²) in [4.78, 5) is 26.3. The number of nitrogens with zero attached hydrogens (tertiary/aromatic N) is 1. The van der Waals surface area contributed by atoms with E-state index in [4.69, 9.17) is 16.3 Å². The second kappa shape index (κ2) is 8.38. The predicted octanol–water partition coefficient (Wildman–Crippen LogP) is 3.57. The van der Waals surface area contributed by atoms with Gasteiger partial charge in [0.15, 0.2) is 0 Å². The van der Waals surface area contributed by atoms with Gasteiger partial charge in [-0.25, -0.2) is 0 Å². The standard InChI is InChI=1S/C18H25ClN2O3/c1-12(2)10-17(22)21-8-6-13(7-9-21)18(23)20-14-4-5-16(24-3)15(19)11-14/h4-5,11-13H,6-10H2,1-3H3,(H,20,23). The minimum Gasteiger partial charge on any atom is -0.495 e. The number of hydrogen-bond donors (Lipinski definition) is 1. The highest BCUT2D eigenvalue weighted by Crippen LogP contribution is 2.28.